The average Bonchev–Trinajstić information content (AvgIpc) is 2.98. The van der Waals surface area contributed by atoms with Crippen molar-refractivity contribution >= 4 is 5.96 Å². The number of nitrogens with one attached hydrogen (secondary N) is 1. The number of hydrogen-bond acceptors (Lipinski definition) is 3. The summed E-state index contributed by atoms with van der Waals surface area (Å²) in [6, 6.07) is 0. The van der Waals surface area contributed by atoms with Crippen molar-refractivity contribution in [3.8, 4) is 0 Å². The fraction of sp³-hybridized carbons (Fsp3) is 0.824. The molecule has 1 aromatic heterocycles. The van der Waals surface area contributed by atoms with Crippen LogP contribution >= 0.6 is 0 Å². The summed E-state index contributed by atoms with van der Waals surface area (Å²) in [4.78, 5) is 7.23. The highest BCUT2D eigenvalue weighted by Gasteiger charge is 2.30. The van der Waals surface area contributed by atoms with Crippen molar-refractivity contribution in [1.29, 1.82) is 0 Å². The first-order chi connectivity index (χ1) is 11.1. The summed E-state index contributed by atoms with van der Waals surface area (Å²) in [6.07, 6.45) is 6.02. The van der Waals surface area contributed by atoms with Crippen molar-refractivity contribution in [1.82, 2.24) is 25.0 Å². The Labute approximate surface area is 139 Å². The van der Waals surface area contributed by atoms with Gasteiger partial charge in [0.05, 0.1) is 0 Å². The summed E-state index contributed by atoms with van der Waals surface area (Å²) >= 11 is 0. The van der Waals surface area contributed by atoms with Crippen LogP contribution in [-0.4, -0.2) is 45.3 Å². The SMILES string of the molecule is CCNC(=NCc1nnc2n1CCCCC2)N1CCC(C)(C)C1. The standard InChI is InChI=1S/C17H30N6/c1-4-18-16(22-11-9-17(2,3)13-22)19-12-15-21-20-14-8-6-5-7-10-23(14)15/h4-13H2,1-3H3,(H,18,19). The van der Waals surface area contributed by atoms with E-state index in [1.807, 2.05) is 0 Å². The van der Waals surface area contributed by atoms with Gasteiger partial charge in [0.25, 0.3) is 0 Å². The molecule has 2 aliphatic rings. The lowest BCUT2D eigenvalue weighted by Gasteiger charge is -2.23. The number of fused-ring (bicyclic) bond motifs is 1. The Hall–Kier alpha value is -1.59. The van der Waals surface area contributed by atoms with Crippen molar-refractivity contribution in [3.05, 3.63) is 11.6 Å². The van der Waals surface area contributed by atoms with Crippen LogP contribution in [0.4, 0.5) is 0 Å². The Kier molecular flexibility index (Phi) is 4.87. The molecule has 1 fully saturated rings. The Morgan fingerprint density at radius 2 is 2.09 bits per heavy atom. The maximum Gasteiger partial charge on any atom is 0.194 e. The van der Waals surface area contributed by atoms with Crippen molar-refractivity contribution in [3.63, 3.8) is 0 Å². The molecule has 128 valence electrons. The van der Waals surface area contributed by atoms with Gasteiger partial charge >= 0.3 is 0 Å². The summed E-state index contributed by atoms with van der Waals surface area (Å²) < 4.78 is 2.29. The molecule has 0 aromatic carbocycles. The molecule has 1 saturated heterocycles. The van der Waals surface area contributed by atoms with E-state index in [0.29, 0.717) is 12.0 Å². The van der Waals surface area contributed by atoms with Gasteiger partial charge in [0.2, 0.25) is 0 Å². The normalized spacial score (nSPS) is 21.2. The van der Waals surface area contributed by atoms with E-state index in [0.717, 1.165) is 50.2 Å². The topological polar surface area (TPSA) is 58.3 Å². The number of aliphatic imine (C=N–C) groups is 1. The molecule has 2 aliphatic heterocycles. The smallest absolute Gasteiger partial charge is 0.194 e. The van der Waals surface area contributed by atoms with Crippen LogP contribution in [0.1, 0.15) is 58.1 Å². The molecule has 0 unspecified atom stereocenters. The molecule has 0 amide bonds. The minimum Gasteiger partial charge on any atom is -0.357 e. The van der Waals surface area contributed by atoms with Crippen LogP contribution in [0.3, 0.4) is 0 Å². The Balaban J connectivity index is 1.72. The zero-order valence-electron chi connectivity index (χ0n) is 14.8. The van der Waals surface area contributed by atoms with E-state index in [2.05, 4.69) is 45.8 Å². The number of aromatic nitrogens is 3. The lowest BCUT2D eigenvalue weighted by atomic mass is 9.93. The van der Waals surface area contributed by atoms with Gasteiger partial charge in [-0.3, -0.25) is 0 Å². The number of rotatable bonds is 3. The van der Waals surface area contributed by atoms with E-state index < -0.39 is 0 Å². The summed E-state index contributed by atoms with van der Waals surface area (Å²) in [6.45, 7) is 11.5. The van der Waals surface area contributed by atoms with Crippen LogP contribution in [0.25, 0.3) is 0 Å². The van der Waals surface area contributed by atoms with Crippen molar-refractivity contribution < 1.29 is 0 Å². The quantitative estimate of drug-likeness (QED) is 0.686. The van der Waals surface area contributed by atoms with Crippen LogP contribution in [0.15, 0.2) is 4.99 Å². The lowest BCUT2D eigenvalue weighted by molar-refractivity contribution is 0.370. The van der Waals surface area contributed by atoms with E-state index in [9.17, 15) is 0 Å². The summed E-state index contributed by atoms with van der Waals surface area (Å²) in [5, 5.41) is 12.2. The third-order valence-electron chi connectivity index (χ3n) is 4.87. The second-order valence-corrected chi connectivity index (χ2v) is 7.50. The van der Waals surface area contributed by atoms with Gasteiger partial charge < -0.3 is 14.8 Å². The van der Waals surface area contributed by atoms with Crippen LogP contribution in [0.5, 0.6) is 0 Å². The highest BCUT2D eigenvalue weighted by Crippen LogP contribution is 2.28. The van der Waals surface area contributed by atoms with Gasteiger partial charge in [0.1, 0.15) is 12.4 Å². The fourth-order valence-electron chi connectivity index (χ4n) is 3.53. The van der Waals surface area contributed by atoms with Crippen LogP contribution in [0, 0.1) is 5.41 Å². The van der Waals surface area contributed by atoms with E-state index in [4.69, 9.17) is 4.99 Å². The first-order valence-electron chi connectivity index (χ1n) is 9.03. The van der Waals surface area contributed by atoms with Crippen molar-refractivity contribution in [2.45, 2.75) is 66.0 Å². The van der Waals surface area contributed by atoms with Crippen molar-refractivity contribution in [2.24, 2.45) is 10.4 Å². The third kappa shape index (κ3) is 3.85. The number of aryl methyl sites for hydroxylation is 1. The van der Waals surface area contributed by atoms with E-state index >= 15 is 0 Å². The molecule has 0 radical (unpaired) electrons. The van der Waals surface area contributed by atoms with Gasteiger partial charge in [-0.2, -0.15) is 0 Å². The molecule has 3 heterocycles. The highest BCUT2D eigenvalue weighted by molar-refractivity contribution is 5.80. The molecule has 1 N–H and O–H groups in total. The predicted molar refractivity (Wildman–Crippen MR) is 92.4 cm³/mol. The molecule has 6 heteroatoms. The molecule has 3 rings (SSSR count). The van der Waals surface area contributed by atoms with Gasteiger partial charge in [0.15, 0.2) is 11.8 Å². The van der Waals surface area contributed by atoms with Gasteiger partial charge in [-0.15, -0.1) is 10.2 Å². The van der Waals surface area contributed by atoms with E-state index in [-0.39, 0.29) is 0 Å². The Morgan fingerprint density at radius 1 is 1.22 bits per heavy atom. The minimum atomic E-state index is 0.377. The highest BCUT2D eigenvalue weighted by atomic mass is 15.3. The van der Waals surface area contributed by atoms with Gasteiger partial charge in [0, 0.05) is 32.6 Å². The summed E-state index contributed by atoms with van der Waals surface area (Å²) in [5.41, 5.74) is 0.377. The number of hydrogen-bond donors (Lipinski definition) is 1. The van der Waals surface area contributed by atoms with Gasteiger partial charge in [-0.25, -0.2) is 4.99 Å². The van der Waals surface area contributed by atoms with Gasteiger partial charge in [-0.05, 0) is 31.6 Å². The molecule has 0 aliphatic carbocycles. The molecule has 0 spiro atoms. The molecule has 6 nitrogen and oxygen atoms in total. The Morgan fingerprint density at radius 3 is 2.83 bits per heavy atom. The molecule has 0 bridgehead atoms. The largest absolute Gasteiger partial charge is 0.357 e. The lowest BCUT2D eigenvalue weighted by Crippen LogP contribution is -2.40. The van der Waals surface area contributed by atoms with Crippen LogP contribution in [0.2, 0.25) is 0 Å². The average molecular weight is 318 g/mol. The molecular weight excluding hydrogens is 288 g/mol. The molecule has 23 heavy (non-hydrogen) atoms. The second-order valence-electron chi connectivity index (χ2n) is 7.50. The Bertz CT molecular complexity index is 559. The summed E-state index contributed by atoms with van der Waals surface area (Å²) in [7, 11) is 0. The summed E-state index contributed by atoms with van der Waals surface area (Å²) in [5.74, 6) is 3.17. The number of guanidine groups is 1. The monoisotopic (exact) mass is 318 g/mol. The molecule has 1 aromatic rings. The first-order valence-corrected chi connectivity index (χ1v) is 9.03. The van der Waals surface area contributed by atoms with E-state index in [1.54, 1.807) is 0 Å². The van der Waals surface area contributed by atoms with Gasteiger partial charge in [-0.1, -0.05) is 20.3 Å². The van der Waals surface area contributed by atoms with Crippen molar-refractivity contribution in [2.75, 3.05) is 19.6 Å². The first kappa shape index (κ1) is 16.3. The third-order valence-corrected chi connectivity index (χ3v) is 4.87. The fourth-order valence-corrected chi connectivity index (χ4v) is 3.53. The molecule has 0 atom stereocenters. The zero-order chi connectivity index (χ0) is 16.3. The predicted octanol–water partition coefficient (Wildman–Crippen LogP) is 2.20. The zero-order valence-corrected chi connectivity index (χ0v) is 14.8. The van der Waals surface area contributed by atoms with E-state index in [1.165, 1.54) is 25.7 Å². The second kappa shape index (κ2) is 6.89. The van der Waals surface area contributed by atoms with Crippen LogP contribution in [-0.2, 0) is 19.5 Å². The molecular formula is C17H30N6. The number of likely N-dealkylation sites (tertiary alicyclic amines) is 1. The molecule has 0 saturated carbocycles. The maximum absolute atomic E-state index is 4.85. The maximum atomic E-state index is 4.85. The minimum absolute atomic E-state index is 0.377. The van der Waals surface area contributed by atoms with Crippen LogP contribution < -0.4 is 5.32 Å². The number of nitrogens with zero attached hydrogens (tertiary/aromatic N) is 5.